The van der Waals surface area contributed by atoms with Crippen LogP contribution in [0.2, 0.25) is 0 Å². The van der Waals surface area contributed by atoms with Gasteiger partial charge in [0.05, 0.1) is 11.0 Å². The van der Waals surface area contributed by atoms with E-state index in [4.69, 9.17) is 0 Å². The second-order valence-electron chi connectivity index (χ2n) is 4.89. The minimum Gasteiger partial charge on any atom is -0.378 e. The average molecular weight is 288 g/mol. The minimum absolute atomic E-state index is 0.0587. The number of benzene rings is 2. The van der Waals surface area contributed by atoms with Crippen LogP contribution < -0.4 is 5.32 Å². The molecule has 0 saturated carbocycles. The Morgan fingerprint density at radius 1 is 1.29 bits per heavy atom. The minimum atomic E-state index is -0.412. The number of nitrogens with zero attached hydrogens (tertiary/aromatic N) is 1. The highest BCUT2D eigenvalue weighted by Gasteiger charge is 2.16. The molecule has 0 amide bonds. The van der Waals surface area contributed by atoms with Crippen LogP contribution in [0.15, 0.2) is 42.5 Å². The van der Waals surface area contributed by atoms with E-state index in [1.165, 1.54) is 12.1 Å². The standard InChI is InChI=1S/C16H17FN2O2/c1-3-15(13-6-4-5-7-14(13)17)18-12-9-8-11(2)16(10-12)19(20)21/h4-10,15,18H,3H2,1-2H3. The van der Waals surface area contributed by atoms with Gasteiger partial charge in [-0.2, -0.15) is 0 Å². The van der Waals surface area contributed by atoms with Crippen molar-refractivity contribution < 1.29 is 9.31 Å². The zero-order valence-electron chi connectivity index (χ0n) is 12.0. The van der Waals surface area contributed by atoms with Gasteiger partial charge in [-0.15, -0.1) is 0 Å². The summed E-state index contributed by atoms with van der Waals surface area (Å²) in [6.45, 7) is 3.63. The van der Waals surface area contributed by atoms with Gasteiger partial charge in [0.2, 0.25) is 0 Å². The van der Waals surface area contributed by atoms with E-state index in [0.717, 1.165) is 0 Å². The quantitative estimate of drug-likeness (QED) is 0.646. The fourth-order valence-corrected chi connectivity index (χ4v) is 2.25. The van der Waals surface area contributed by atoms with Crippen LogP contribution in [0.3, 0.4) is 0 Å². The zero-order valence-corrected chi connectivity index (χ0v) is 12.0. The number of hydrogen-bond donors (Lipinski definition) is 1. The number of halogens is 1. The normalized spacial score (nSPS) is 12.0. The third kappa shape index (κ3) is 3.37. The topological polar surface area (TPSA) is 55.2 Å². The van der Waals surface area contributed by atoms with E-state index in [-0.39, 0.29) is 17.5 Å². The first-order chi connectivity index (χ1) is 10.0. The molecule has 2 aromatic rings. The fourth-order valence-electron chi connectivity index (χ4n) is 2.25. The van der Waals surface area contributed by atoms with E-state index >= 15 is 0 Å². The monoisotopic (exact) mass is 288 g/mol. The van der Waals surface area contributed by atoms with E-state index < -0.39 is 4.92 Å². The fraction of sp³-hybridized carbons (Fsp3) is 0.250. The molecule has 1 N–H and O–H groups in total. The van der Waals surface area contributed by atoms with Gasteiger partial charge in [-0.05, 0) is 25.5 Å². The Balaban J connectivity index is 2.29. The van der Waals surface area contributed by atoms with Crippen LogP contribution in [-0.2, 0) is 0 Å². The average Bonchev–Trinajstić information content (AvgIpc) is 2.47. The van der Waals surface area contributed by atoms with Gasteiger partial charge in [-0.3, -0.25) is 10.1 Å². The summed E-state index contributed by atoms with van der Waals surface area (Å²) in [5, 5.41) is 14.1. The Morgan fingerprint density at radius 2 is 2.00 bits per heavy atom. The lowest BCUT2D eigenvalue weighted by atomic mass is 10.0. The molecule has 110 valence electrons. The molecule has 0 bridgehead atoms. The summed E-state index contributed by atoms with van der Waals surface area (Å²) in [7, 11) is 0. The first-order valence-corrected chi connectivity index (χ1v) is 6.79. The van der Waals surface area contributed by atoms with Gasteiger partial charge < -0.3 is 5.32 Å². The van der Waals surface area contributed by atoms with Crippen molar-refractivity contribution in [3.63, 3.8) is 0 Å². The molecule has 0 spiro atoms. The summed E-state index contributed by atoms with van der Waals surface area (Å²) in [5.41, 5.74) is 1.83. The van der Waals surface area contributed by atoms with E-state index in [1.807, 2.05) is 6.92 Å². The summed E-state index contributed by atoms with van der Waals surface area (Å²) >= 11 is 0. The molecular weight excluding hydrogens is 271 g/mol. The maximum Gasteiger partial charge on any atom is 0.274 e. The molecule has 4 nitrogen and oxygen atoms in total. The van der Waals surface area contributed by atoms with Crippen LogP contribution in [0.5, 0.6) is 0 Å². The Morgan fingerprint density at radius 3 is 2.62 bits per heavy atom. The Hall–Kier alpha value is -2.43. The molecule has 1 unspecified atom stereocenters. The van der Waals surface area contributed by atoms with Gasteiger partial charge in [-0.25, -0.2) is 4.39 Å². The SMILES string of the molecule is CCC(Nc1ccc(C)c([N+](=O)[O-])c1)c1ccccc1F. The lowest BCUT2D eigenvalue weighted by Gasteiger charge is -2.19. The highest BCUT2D eigenvalue weighted by molar-refractivity contribution is 5.55. The number of nitro groups is 1. The van der Waals surface area contributed by atoms with Crippen molar-refractivity contribution in [2.75, 3.05) is 5.32 Å². The van der Waals surface area contributed by atoms with Crippen molar-refractivity contribution in [2.24, 2.45) is 0 Å². The van der Waals surface area contributed by atoms with Gasteiger partial charge >= 0.3 is 0 Å². The van der Waals surface area contributed by atoms with Gasteiger partial charge in [0, 0.05) is 22.9 Å². The molecule has 5 heteroatoms. The predicted octanol–water partition coefficient (Wildman–Crippen LogP) is 4.61. The van der Waals surface area contributed by atoms with E-state index in [2.05, 4.69) is 5.32 Å². The maximum absolute atomic E-state index is 13.9. The first-order valence-electron chi connectivity index (χ1n) is 6.79. The number of hydrogen-bond acceptors (Lipinski definition) is 3. The highest BCUT2D eigenvalue weighted by Crippen LogP contribution is 2.28. The summed E-state index contributed by atoms with van der Waals surface area (Å²) in [6.07, 6.45) is 0.669. The molecule has 0 aliphatic rings. The Kier molecular flexibility index (Phi) is 4.52. The van der Waals surface area contributed by atoms with Crippen molar-refractivity contribution in [3.8, 4) is 0 Å². The van der Waals surface area contributed by atoms with Gasteiger partial charge in [0.1, 0.15) is 5.82 Å². The zero-order chi connectivity index (χ0) is 15.4. The maximum atomic E-state index is 13.9. The van der Waals surface area contributed by atoms with Crippen LogP contribution in [0.1, 0.15) is 30.5 Å². The van der Waals surface area contributed by atoms with Crippen LogP contribution >= 0.6 is 0 Å². The van der Waals surface area contributed by atoms with Crippen LogP contribution in [0, 0.1) is 22.9 Å². The van der Waals surface area contributed by atoms with Crippen molar-refractivity contribution >= 4 is 11.4 Å². The molecule has 0 radical (unpaired) electrons. The van der Waals surface area contributed by atoms with Gasteiger partial charge in [0.25, 0.3) is 5.69 Å². The summed E-state index contributed by atoms with van der Waals surface area (Å²) < 4.78 is 13.9. The molecule has 0 aromatic heterocycles. The molecule has 0 aliphatic heterocycles. The molecular formula is C16H17FN2O2. The van der Waals surface area contributed by atoms with Crippen LogP contribution in [0.4, 0.5) is 15.8 Å². The molecule has 0 saturated heterocycles. The lowest BCUT2D eigenvalue weighted by molar-refractivity contribution is -0.385. The summed E-state index contributed by atoms with van der Waals surface area (Å²) in [6, 6.07) is 11.3. The van der Waals surface area contributed by atoms with Gasteiger partial charge in [0.15, 0.2) is 0 Å². The first kappa shape index (κ1) is 15.0. The predicted molar refractivity (Wildman–Crippen MR) is 80.9 cm³/mol. The largest absolute Gasteiger partial charge is 0.378 e. The van der Waals surface area contributed by atoms with E-state index in [9.17, 15) is 14.5 Å². The highest BCUT2D eigenvalue weighted by atomic mass is 19.1. The van der Waals surface area contributed by atoms with Crippen LogP contribution in [0.25, 0.3) is 0 Å². The third-order valence-corrected chi connectivity index (χ3v) is 3.44. The molecule has 2 aromatic carbocycles. The summed E-state index contributed by atoms with van der Waals surface area (Å²) in [4.78, 5) is 10.6. The number of anilines is 1. The lowest BCUT2D eigenvalue weighted by Crippen LogP contribution is -2.11. The molecule has 0 fully saturated rings. The second kappa shape index (κ2) is 6.35. The molecule has 2 rings (SSSR count). The molecule has 21 heavy (non-hydrogen) atoms. The number of rotatable bonds is 5. The van der Waals surface area contributed by atoms with Crippen molar-refractivity contribution in [2.45, 2.75) is 26.3 Å². The van der Waals surface area contributed by atoms with Crippen molar-refractivity contribution in [3.05, 3.63) is 69.5 Å². The summed E-state index contributed by atoms with van der Waals surface area (Å²) in [5.74, 6) is -0.279. The Labute approximate surface area is 122 Å². The molecule has 0 aliphatic carbocycles. The number of nitro benzene ring substituents is 1. The number of aryl methyl sites for hydroxylation is 1. The molecule has 0 heterocycles. The number of nitrogens with one attached hydrogen (secondary N) is 1. The molecule has 1 atom stereocenters. The van der Waals surface area contributed by atoms with Crippen molar-refractivity contribution in [1.29, 1.82) is 0 Å². The van der Waals surface area contributed by atoms with Gasteiger partial charge in [-0.1, -0.05) is 31.2 Å². The Bertz CT molecular complexity index is 658. The van der Waals surface area contributed by atoms with Crippen LogP contribution in [-0.4, -0.2) is 4.92 Å². The smallest absolute Gasteiger partial charge is 0.274 e. The van der Waals surface area contributed by atoms with Crippen molar-refractivity contribution in [1.82, 2.24) is 0 Å². The van der Waals surface area contributed by atoms with E-state index in [1.54, 1.807) is 37.3 Å². The van der Waals surface area contributed by atoms with E-state index in [0.29, 0.717) is 23.2 Å². The second-order valence-corrected chi connectivity index (χ2v) is 4.89. The third-order valence-electron chi connectivity index (χ3n) is 3.44.